The minimum atomic E-state index is -0.00508. The molecule has 2 aliphatic heterocycles. The van der Waals surface area contributed by atoms with Crippen molar-refractivity contribution in [2.75, 3.05) is 45.2 Å². The second-order valence-corrected chi connectivity index (χ2v) is 8.75. The molecule has 3 heterocycles. The number of hydrogen-bond donors (Lipinski definition) is 0. The Morgan fingerprint density at radius 1 is 1.00 bits per heavy atom. The Morgan fingerprint density at radius 2 is 1.64 bits per heavy atom. The lowest BCUT2D eigenvalue weighted by molar-refractivity contribution is -0.0598. The first kappa shape index (κ1) is 19.6. The molecule has 0 unspecified atom stereocenters. The molecule has 0 radical (unpaired) electrons. The first-order chi connectivity index (χ1) is 13.6. The number of carbonyl (C=O) groups is 1. The van der Waals surface area contributed by atoms with Gasteiger partial charge in [0.2, 0.25) is 0 Å². The van der Waals surface area contributed by atoms with Crippen molar-refractivity contribution in [2.45, 2.75) is 63.2 Å². The molecule has 6 heteroatoms. The monoisotopic (exact) mass is 386 g/mol. The van der Waals surface area contributed by atoms with Crippen molar-refractivity contribution in [3.63, 3.8) is 0 Å². The molecule has 1 saturated carbocycles. The van der Waals surface area contributed by atoms with Crippen LogP contribution in [-0.2, 0) is 4.74 Å². The van der Waals surface area contributed by atoms with Crippen LogP contribution in [0.4, 0.5) is 5.82 Å². The molecule has 0 atom stereocenters. The minimum Gasteiger partial charge on any atom is -0.375 e. The van der Waals surface area contributed by atoms with Gasteiger partial charge < -0.3 is 19.4 Å². The van der Waals surface area contributed by atoms with Gasteiger partial charge in [-0.15, -0.1) is 0 Å². The summed E-state index contributed by atoms with van der Waals surface area (Å²) in [5.74, 6) is 0.956. The average molecular weight is 387 g/mol. The number of aromatic nitrogens is 1. The summed E-state index contributed by atoms with van der Waals surface area (Å²) in [4.78, 5) is 23.1. The van der Waals surface area contributed by atoms with E-state index in [2.05, 4.69) is 14.8 Å². The molecule has 28 heavy (non-hydrogen) atoms. The Bertz CT molecular complexity index is 643. The molecule has 0 N–H and O–H groups in total. The first-order valence-electron chi connectivity index (χ1n) is 10.9. The van der Waals surface area contributed by atoms with Crippen LogP contribution in [0, 0.1) is 0 Å². The maximum Gasteiger partial charge on any atom is 0.254 e. The third kappa shape index (κ3) is 4.49. The van der Waals surface area contributed by atoms with Gasteiger partial charge in [0.15, 0.2) is 0 Å². The number of rotatable bonds is 5. The predicted molar refractivity (Wildman–Crippen MR) is 111 cm³/mol. The van der Waals surface area contributed by atoms with E-state index in [1.165, 1.54) is 45.2 Å². The van der Waals surface area contributed by atoms with Crippen molar-refractivity contribution in [1.82, 2.24) is 14.8 Å². The van der Waals surface area contributed by atoms with Crippen molar-refractivity contribution in [3.8, 4) is 0 Å². The molecule has 6 nitrogen and oxygen atoms in total. The third-order valence-electron chi connectivity index (χ3n) is 6.62. The predicted octanol–water partition coefficient (Wildman–Crippen LogP) is 2.79. The maximum absolute atomic E-state index is 12.0. The highest BCUT2D eigenvalue weighted by Crippen LogP contribution is 2.29. The average Bonchev–Trinajstić information content (AvgIpc) is 2.68. The van der Waals surface area contributed by atoms with E-state index in [9.17, 15) is 4.79 Å². The van der Waals surface area contributed by atoms with E-state index < -0.39 is 0 Å². The van der Waals surface area contributed by atoms with Crippen molar-refractivity contribution < 1.29 is 9.53 Å². The summed E-state index contributed by atoms with van der Waals surface area (Å²) >= 11 is 0. The largest absolute Gasteiger partial charge is 0.375 e. The number of piperidine rings is 2. The summed E-state index contributed by atoms with van der Waals surface area (Å²) in [6.45, 7) is 4.38. The molecule has 3 aliphatic rings. The van der Waals surface area contributed by atoms with Gasteiger partial charge in [-0.2, -0.15) is 0 Å². The standard InChI is InChI=1S/C22H34N4O2/c1-24(2)22(27)17-6-7-21(23-16-17)26-14-10-20(11-15-26)28-19-8-12-25(13-9-19)18-4-3-5-18/h6-7,16,18-20H,3-5,8-15H2,1-2H3. The van der Waals surface area contributed by atoms with Gasteiger partial charge in [0, 0.05) is 52.5 Å². The molecule has 1 aromatic heterocycles. The highest BCUT2D eigenvalue weighted by atomic mass is 16.5. The molecular weight excluding hydrogens is 352 g/mol. The number of hydrogen-bond acceptors (Lipinski definition) is 5. The van der Waals surface area contributed by atoms with Gasteiger partial charge >= 0.3 is 0 Å². The van der Waals surface area contributed by atoms with Crippen LogP contribution in [0.5, 0.6) is 0 Å². The minimum absolute atomic E-state index is 0.00508. The Kier molecular flexibility index (Phi) is 6.16. The summed E-state index contributed by atoms with van der Waals surface area (Å²) in [7, 11) is 3.52. The smallest absolute Gasteiger partial charge is 0.254 e. The first-order valence-corrected chi connectivity index (χ1v) is 10.9. The number of likely N-dealkylation sites (tertiary alicyclic amines) is 1. The molecule has 1 amide bonds. The van der Waals surface area contributed by atoms with Crippen LogP contribution in [0.15, 0.2) is 18.3 Å². The highest BCUT2D eigenvalue weighted by molar-refractivity contribution is 5.93. The van der Waals surface area contributed by atoms with Gasteiger partial charge in [-0.25, -0.2) is 4.98 Å². The second kappa shape index (κ2) is 8.78. The quantitative estimate of drug-likeness (QED) is 0.779. The molecular formula is C22H34N4O2. The lowest BCUT2D eigenvalue weighted by Gasteiger charge is -2.42. The molecule has 0 bridgehead atoms. The molecule has 3 fully saturated rings. The van der Waals surface area contributed by atoms with E-state index in [0.29, 0.717) is 17.8 Å². The molecule has 0 aromatic carbocycles. The number of anilines is 1. The zero-order chi connectivity index (χ0) is 19.5. The van der Waals surface area contributed by atoms with Crippen LogP contribution >= 0.6 is 0 Å². The molecule has 154 valence electrons. The van der Waals surface area contributed by atoms with E-state index in [1.54, 1.807) is 25.2 Å². The topological polar surface area (TPSA) is 48.9 Å². The third-order valence-corrected chi connectivity index (χ3v) is 6.62. The van der Waals surface area contributed by atoms with Crippen molar-refractivity contribution in [1.29, 1.82) is 0 Å². The zero-order valence-electron chi connectivity index (χ0n) is 17.3. The van der Waals surface area contributed by atoms with Gasteiger partial charge in [-0.3, -0.25) is 4.79 Å². The fourth-order valence-electron chi connectivity index (χ4n) is 4.58. The van der Waals surface area contributed by atoms with E-state index in [-0.39, 0.29) is 5.91 Å². The summed E-state index contributed by atoms with van der Waals surface area (Å²) < 4.78 is 6.45. The molecule has 1 aromatic rings. The van der Waals surface area contributed by atoms with Crippen molar-refractivity contribution in [2.24, 2.45) is 0 Å². The summed E-state index contributed by atoms with van der Waals surface area (Å²) in [6, 6.07) is 4.72. The van der Waals surface area contributed by atoms with Crippen molar-refractivity contribution in [3.05, 3.63) is 23.9 Å². The fraction of sp³-hybridized carbons (Fsp3) is 0.727. The number of amides is 1. The Morgan fingerprint density at radius 3 is 2.14 bits per heavy atom. The number of nitrogens with zero attached hydrogens (tertiary/aromatic N) is 4. The number of ether oxygens (including phenoxy) is 1. The molecule has 1 aliphatic carbocycles. The van der Waals surface area contributed by atoms with E-state index in [4.69, 9.17) is 4.74 Å². The van der Waals surface area contributed by atoms with E-state index in [1.807, 2.05) is 12.1 Å². The van der Waals surface area contributed by atoms with Gasteiger partial charge in [-0.05, 0) is 50.7 Å². The Labute approximate surface area is 168 Å². The van der Waals surface area contributed by atoms with Crippen LogP contribution in [-0.4, -0.2) is 79.2 Å². The SMILES string of the molecule is CN(C)C(=O)c1ccc(N2CCC(OC3CCN(C4CCC4)CC3)CC2)nc1. The van der Waals surface area contributed by atoms with Gasteiger partial charge in [0.25, 0.3) is 5.91 Å². The Hall–Kier alpha value is -1.66. The highest BCUT2D eigenvalue weighted by Gasteiger charge is 2.30. The van der Waals surface area contributed by atoms with E-state index >= 15 is 0 Å². The molecule has 2 saturated heterocycles. The second-order valence-electron chi connectivity index (χ2n) is 8.75. The van der Waals surface area contributed by atoms with Crippen LogP contribution in [0.3, 0.4) is 0 Å². The van der Waals surface area contributed by atoms with Crippen LogP contribution in [0.1, 0.15) is 55.3 Å². The lowest BCUT2D eigenvalue weighted by Crippen LogP contribution is -2.47. The summed E-state index contributed by atoms with van der Waals surface area (Å²) in [5, 5.41) is 0. The van der Waals surface area contributed by atoms with Gasteiger partial charge in [-0.1, -0.05) is 6.42 Å². The van der Waals surface area contributed by atoms with Gasteiger partial charge in [0.1, 0.15) is 5.82 Å². The number of pyridine rings is 1. The van der Waals surface area contributed by atoms with Crippen molar-refractivity contribution >= 4 is 11.7 Å². The fourth-order valence-corrected chi connectivity index (χ4v) is 4.58. The van der Waals surface area contributed by atoms with Gasteiger partial charge in [0.05, 0.1) is 17.8 Å². The summed E-state index contributed by atoms with van der Waals surface area (Å²) in [6.07, 6.45) is 11.3. The van der Waals surface area contributed by atoms with Crippen LogP contribution in [0.2, 0.25) is 0 Å². The molecule has 0 spiro atoms. The normalized spacial score (nSPS) is 22.9. The van der Waals surface area contributed by atoms with E-state index in [0.717, 1.165) is 37.8 Å². The maximum atomic E-state index is 12.0. The Balaban J connectivity index is 1.21. The van der Waals surface area contributed by atoms with Crippen LogP contribution < -0.4 is 4.90 Å². The number of carbonyl (C=O) groups excluding carboxylic acids is 1. The molecule has 4 rings (SSSR count). The zero-order valence-corrected chi connectivity index (χ0v) is 17.3. The summed E-state index contributed by atoms with van der Waals surface area (Å²) in [5.41, 5.74) is 0.639. The lowest BCUT2D eigenvalue weighted by atomic mass is 9.89. The van der Waals surface area contributed by atoms with Crippen LogP contribution in [0.25, 0.3) is 0 Å².